The van der Waals surface area contributed by atoms with E-state index >= 15 is 0 Å². The van der Waals surface area contributed by atoms with Crippen LogP contribution in [-0.4, -0.2) is 18.1 Å². The summed E-state index contributed by atoms with van der Waals surface area (Å²) >= 11 is 3.23. The first kappa shape index (κ1) is 16.1. The van der Waals surface area contributed by atoms with Crippen molar-refractivity contribution in [3.05, 3.63) is 51.8 Å². The van der Waals surface area contributed by atoms with E-state index in [1.807, 2.05) is 31.2 Å². The molecule has 0 spiro atoms. The molecule has 0 aliphatic carbocycles. The monoisotopic (exact) mass is 369 g/mol. The van der Waals surface area contributed by atoms with Gasteiger partial charge in [0, 0.05) is 32.1 Å². The van der Waals surface area contributed by atoms with E-state index < -0.39 is 0 Å². The van der Waals surface area contributed by atoms with Crippen molar-refractivity contribution in [3.63, 3.8) is 0 Å². The van der Waals surface area contributed by atoms with Crippen LogP contribution in [0.3, 0.4) is 0 Å². The number of methoxy groups -OCH3 is 1. The molecule has 25 heavy (non-hydrogen) atoms. The van der Waals surface area contributed by atoms with E-state index in [0.717, 1.165) is 36.7 Å². The van der Waals surface area contributed by atoms with E-state index in [1.54, 1.807) is 28.9 Å². The van der Waals surface area contributed by atoms with Crippen LogP contribution >= 0.6 is 22.7 Å². The van der Waals surface area contributed by atoms with Crippen molar-refractivity contribution in [2.75, 3.05) is 7.11 Å². The summed E-state index contributed by atoms with van der Waals surface area (Å²) in [6.07, 6.45) is 1.76. The number of fused-ring (bicyclic) bond motifs is 2. The SMILES string of the molecule is COC(=O)c1c(C)sc2cc(Oc3ccnc4cc(C)sc34)ccc12. The fraction of sp³-hybridized carbons (Fsp3) is 0.158. The second-order valence-electron chi connectivity index (χ2n) is 5.67. The lowest BCUT2D eigenvalue weighted by Crippen LogP contribution is -2.01. The molecular weight excluding hydrogens is 354 g/mol. The van der Waals surface area contributed by atoms with Crippen LogP contribution in [0.15, 0.2) is 36.5 Å². The molecule has 4 rings (SSSR count). The Bertz CT molecular complexity index is 1110. The van der Waals surface area contributed by atoms with Crippen LogP contribution in [0.4, 0.5) is 0 Å². The third-order valence-corrected chi connectivity index (χ3v) is 6.08. The molecule has 4 nitrogen and oxygen atoms in total. The molecule has 126 valence electrons. The van der Waals surface area contributed by atoms with Gasteiger partial charge in [-0.3, -0.25) is 4.98 Å². The van der Waals surface area contributed by atoms with Crippen LogP contribution < -0.4 is 4.74 Å². The highest BCUT2D eigenvalue weighted by Crippen LogP contribution is 2.38. The summed E-state index contributed by atoms with van der Waals surface area (Å²) < 4.78 is 13.0. The van der Waals surface area contributed by atoms with E-state index in [0.29, 0.717) is 5.56 Å². The Balaban J connectivity index is 1.76. The van der Waals surface area contributed by atoms with E-state index in [1.165, 1.54) is 12.0 Å². The number of thiophene rings is 2. The van der Waals surface area contributed by atoms with E-state index in [9.17, 15) is 4.79 Å². The van der Waals surface area contributed by atoms with Gasteiger partial charge in [-0.15, -0.1) is 22.7 Å². The van der Waals surface area contributed by atoms with Gasteiger partial charge in [-0.05, 0) is 38.1 Å². The van der Waals surface area contributed by atoms with Gasteiger partial charge in [-0.25, -0.2) is 4.79 Å². The van der Waals surface area contributed by atoms with Crippen LogP contribution in [0, 0.1) is 13.8 Å². The Kier molecular flexibility index (Phi) is 3.94. The Labute approximate surface area is 152 Å². The van der Waals surface area contributed by atoms with Gasteiger partial charge in [-0.1, -0.05) is 0 Å². The Hall–Kier alpha value is -2.44. The minimum atomic E-state index is -0.303. The van der Waals surface area contributed by atoms with Crippen LogP contribution in [-0.2, 0) is 4.74 Å². The predicted octanol–water partition coefficient (Wildman–Crippen LogP) is 5.71. The third-order valence-electron chi connectivity index (χ3n) is 3.95. The average Bonchev–Trinajstić information content (AvgIpc) is 3.12. The molecular formula is C19H15NO3S2. The normalized spacial score (nSPS) is 11.2. The van der Waals surface area contributed by atoms with Crippen molar-refractivity contribution >= 4 is 48.9 Å². The van der Waals surface area contributed by atoms with Crippen molar-refractivity contribution < 1.29 is 14.3 Å². The number of hydrogen-bond donors (Lipinski definition) is 0. The molecule has 0 fully saturated rings. The maximum atomic E-state index is 12.0. The molecule has 3 aromatic heterocycles. The summed E-state index contributed by atoms with van der Waals surface area (Å²) in [6.45, 7) is 3.99. The first-order valence-corrected chi connectivity index (χ1v) is 9.34. The number of aryl methyl sites for hydroxylation is 2. The van der Waals surface area contributed by atoms with E-state index in [4.69, 9.17) is 9.47 Å². The molecule has 0 saturated heterocycles. The molecule has 6 heteroatoms. The largest absolute Gasteiger partial charge is 0.465 e. The summed E-state index contributed by atoms with van der Waals surface area (Å²) in [5.41, 5.74) is 1.58. The van der Waals surface area contributed by atoms with Gasteiger partial charge in [0.1, 0.15) is 11.5 Å². The van der Waals surface area contributed by atoms with Gasteiger partial charge in [0.15, 0.2) is 0 Å². The molecule has 3 heterocycles. The molecule has 0 unspecified atom stereocenters. The summed E-state index contributed by atoms with van der Waals surface area (Å²) in [7, 11) is 1.40. The van der Waals surface area contributed by atoms with Gasteiger partial charge in [0.25, 0.3) is 0 Å². The molecule has 0 aliphatic rings. The molecule has 0 aliphatic heterocycles. The molecule has 1 aromatic carbocycles. The van der Waals surface area contributed by atoms with Gasteiger partial charge < -0.3 is 9.47 Å². The van der Waals surface area contributed by atoms with Crippen molar-refractivity contribution in [1.29, 1.82) is 0 Å². The number of rotatable bonds is 3. The van der Waals surface area contributed by atoms with Gasteiger partial charge in [-0.2, -0.15) is 0 Å². The highest BCUT2D eigenvalue weighted by atomic mass is 32.1. The Morgan fingerprint density at radius 1 is 1.12 bits per heavy atom. The quantitative estimate of drug-likeness (QED) is 0.434. The molecule has 0 saturated carbocycles. The highest BCUT2D eigenvalue weighted by molar-refractivity contribution is 7.19. The van der Waals surface area contributed by atoms with Crippen LogP contribution in [0.25, 0.3) is 20.3 Å². The Morgan fingerprint density at radius 3 is 2.76 bits per heavy atom. The number of nitrogens with zero attached hydrogens (tertiary/aromatic N) is 1. The lowest BCUT2D eigenvalue weighted by atomic mass is 10.1. The zero-order chi connectivity index (χ0) is 17.6. The summed E-state index contributed by atoms with van der Waals surface area (Å²) in [6, 6.07) is 9.70. The predicted molar refractivity (Wildman–Crippen MR) is 102 cm³/mol. The van der Waals surface area contributed by atoms with Crippen LogP contribution in [0.2, 0.25) is 0 Å². The lowest BCUT2D eigenvalue weighted by Gasteiger charge is -2.07. The summed E-state index contributed by atoms with van der Waals surface area (Å²) in [5.74, 6) is 1.23. The smallest absolute Gasteiger partial charge is 0.339 e. The second kappa shape index (κ2) is 6.13. The van der Waals surface area contributed by atoms with Crippen molar-refractivity contribution in [3.8, 4) is 11.5 Å². The number of carbonyl (C=O) groups excluding carboxylic acids is 1. The van der Waals surface area contributed by atoms with Crippen LogP contribution in [0.5, 0.6) is 11.5 Å². The molecule has 4 aromatic rings. The maximum Gasteiger partial charge on any atom is 0.339 e. The van der Waals surface area contributed by atoms with Crippen molar-refractivity contribution in [2.24, 2.45) is 0 Å². The van der Waals surface area contributed by atoms with Crippen molar-refractivity contribution in [2.45, 2.75) is 13.8 Å². The number of ether oxygens (including phenoxy) is 2. The third kappa shape index (κ3) is 2.77. The summed E-state index contributed by atoms with van der Waals surface area (Å²) in [4.78, 5) is 18.5. The van der Waals surface area contributed by atoms with Gasteiger partial charge in [0.2, 0.25) is 0 Å². The lowest BCUT2D eigenvalue weighted by molar-refractivity contribution is 0.0603. The number of carbonyl (C=O) groups is 1. The minimum Gasteiger partial charge on any atom is -0.465 e. The second-order valence-corrected chi connectivity index (χ2v) is 8.18. The average molecular weight is 369 g/mol. The zero-order valence-corrected chi connectivity index (χ0v) is 15.6. The first-order valence-electron chi connectivity index (χ1n) is 7.71. The van der Waals surface area contributed by atoms with E-state index in [2.05, 4.69) is 18.0 Å². The fourth-order valence-electron chi connectivity index (χ4n) is 2.86. The number of benzene rings is 1. The zero-order valence-electron chi connectivity index (χ0n) is 14.0. The highest BCUT2D eigenvalue weighted by Gasteiger charge is 2.17. The standard InChI is InChI=1S/C19H15NO3S2/c1-10-8-14-18(24-10)15(6-7-20-14)23-12-4-5-13-16(9-12)25-11(2)17(13)19(21)22-3/h4-9H,1-3H3. The molecule has 0 bridgehead atoms. The fourth-order valence-corrected chi connectivity index (χ4v) is 4.86. The topological polar surface area (TPSA) is 48.4 Å². The number of hydrogen-bond acceptors (Lipinski definition) is 6. The summed E-state index contributed by atoms with van der Waals surface area (Å²) in [5, 5.41) is 0.897. The Morgan fingerprint density at radius 2 is 1.96 bits per heavy atom. The molecule has 0 atom stereocenters. The maximum absolute atomic E-state index is 12.0. The minimum absolute atomic E-state index is 0.303. The first-order chi connectivity index (χ1) is 12.1. The van der Waals surface area contributed by atoms with E-state index in [-0.39, 0.29) is 5.97 Å². The molecule has 0 N–H and O–H groups in total. The number of pyridine rings is 1. The number of esters is 1. The molecule has 0 radical (unpaired) electrons. The number of aromatic nitrogens is 1. The van der Waals surface area contributed by atoms with Gasteiger partial charge in [0.05, 0.1) is 22.9 Å². The molecule has 0 amide bonds. The van der Waals surface area contributed by atoms with Crippen molar-refractivity contribution in [1.82, 2.24) is 4.98 Å². The van der Waals surface area contributed by atoms with Gasteiger partial charge >= 0.3 is 5.97 Å². The van der Waals surface area contributed by atoms with Crippen LogP contribution in [0.1, 0.15) is 20.1 Å².